The molecule has 5 nitrogen and oxygen atoms in total. The minimum absolute atomic E-state index is 0.0630. The summed E-state index contributed by atoms with van der Waals surface area (Å²) in [5.41, 5.74) is 0. The molecule has 0 aliphatic heterocycles. The SMILES string of the molecule is CCC(C)CCCCCCCCC(=O)O[C@@H](CO)COC(=O)CCCCCCCCC(C)C. The number of aliphatic hydroxyl groups is 1. The molecule has 0 saturated heterocycles. The molecule has 0 rings (SSSR count). The maximum absolute atomic E-state index is 12.0. The second kappa shape index (κ2) is 22.7. The highest BCUT2D eigenvalue weighted by atomic mass is 16.6. The Morgan fingerprint density at radius 2 is 1.18 bits per heavy atom. The van der Waals surface area contributed by atoms with Crippen molar-refractivity contribution in [1.29, 1.82) is 0 Å². The van der Waals surface area contributed by atoms with E-state index in [0.717, 1.165) is 50.4 Å². The molecular formula is C28H54O5. The predicted octanol–water partition coefficient (Wildman–Crippen LogP) is 7.38. The Morgan fingerprint density at radius 3 is 1.70 bits per heavy atom. The van der Waals surface area contributed by atoms with Crippen molar-refractivity contribution in [3.63, 3.8) is 0 Å². The fraction of sp³-hybridized carbons (Fsp3) is 0.929. The molecule has 0 spiro atoms. The fourth-order valence-electron chi connectivity index (χ4n) is 3.83. The van der Waals surface area contributed by atoms with Gasteiger partial charge < -0.3 is 14.6 Å². The van der Waals surface area contributed by atoms with Gasteiger partial charge in [0.2, 0.25) is 0 Å². The Labute approximate surface area is 204 Å². The summed E-state index contributed by atoms with van der Waals surface area (Å²) >= 11 is 0. The summed E-state index contributed by atoms with van der Waals surface area (Å²) in [6.45, 7) is 8.67. The third kappa shape index (κ3) is 22.5. The van der Waals surface area contributed by atoms with Crippen molar-refractivity contribution in [2.24, 2.45) is 11.8 Å². The van der Waals surface area contributed by atoms with E-state index in [1.807, 2.05) is 0 Å². The molecule has 2 atom stereocenters. The first-order valence-corrected chi connectivity index (χ1v) is 13.8. The topological polar surface area (TPSA) is 72.8 Å². The monoisotopic (exact) mass is 470 g/mol. The quantitative estimate of drug-likeness (QED) is 0.125. The zero-order valence-corrected chi connectivity index (χ0v) is 22.2. The van der Waals surface area contributed by atoms with Crippen LogP contribution in [0.3, 0.4) is 0 Å². The van der Waals surface area contributed by atoms with E-state index in [0.29, 0.717) is 12.8 Å². The molecule has 0 aromatic heterocycles. The first-order valence-electron chi connectivity index (χ1n) is 13.8. The number of carbonyl (C=O) groups is 2. The van der Waals surface area contributed by atoms with Crippen molar-refractivity contribution in [3.05, 3.63) is 0 Å². The van der Waals surface area contributed by atoms with E-state index >= 15 is 0 Å². The largest absolute Gasteiger partial charge is 0.462 e. The van der Waals surface area contributed by atoms with Crippen molar-refractivity contribution in [2.45, 2.75) is 143 Å². The Hall–Kier alpha value is -1.10. The van der Waals surface area contributed by atoms with Gasteiger partial charge in [-0.25, -0.2) is 0 Å². The van der Waals surface area contributed by atoms with Crippen LogP contribution in [0.25, 0.3) is 0 Å². The Morgan fingerprint density at radius 1 is 0.697 bits per heavy atom. The molecule has 0 saturated carbocycles. The first-order chi connectivity index (χ1) is 15.9. The highest BCUT2D eigenvalue weighted by molar-refractivity contribution is 5.70. The van der Waals surface area contributed by atoms with Gasteiger partial charge in [-0.1, -0.05) is 111 Å². The molecule has 0 aliphatic rings. The van der Waals surface area contributed by atoms with Crippen molar-refractivity contribution in [3.8, 4) is 0 Å². The minimum Gasteiger partial charge on any atom is -0.462 e. The van der Waals surface area contributed by atoms with Crippen LogP contribution in [0, 0.1) is 11.8 Å². The van der Waals surface area contributed by atoms with Crippen molar-refractivity contribution in [1.82, 2.24) is 0 Å². The highest BCUT2D eigenvalue weighted by Crippen LogP contribution is 2.15. The number of aliphatic hydroxyl groups excluding tert-OH is 1. The number of hydrogen-bond donors (Lipinski definition) is 1. The minimum atomic E-state index is -0.761. The van der Waals surface area contributed by atoms with Crippen LogP contribution in [0.15, 0.2) is 0 Å². The second-order valence-electron chi connectivity index (χ2n) is 10.2. The molecular weight excluding hydrogens is 416 g/mol. The fourth-order valence-corrected chi connectivity index (χ4v) is 3.83. The van der Waals surface area contributed by atoms with Gasteiger partial charge in [0.05, 0.1) is 6.61 Å². The molecule has 0 aromatic rings. The standard InChI is InChI=1S/C28H54O5/c1-5-25(4)19-15-11-7-9-13-17-21-28(31)33-26(22-29)23-32-27(30)20-16-12-8-6-10-14-18-24(2)3/h24-26,29H,5-23H2,1-4H3/t25?,26-/m0/s1. The summed E-state index contributed by atoms with van der Waals surface area (Å²) in [6, 6.07) is 0. The van der Waals surface area contributed by atoms with Gasteiger partial charge >= 0.3 is 11.9 Å². The number of ether oxygens (including phenoxy) is 2. The summed E-state index contributed by atoms with van der Waals surface area (Å²) in [4.78, 5) is 23.9. The summed E-state index contributed by atoms with van der Waals surface area (Å²) in [7, 11) is 0. The molecule has 33 heavy (non-hydrogen) atoms. The molecule has 0 aliphatic carbocycles. The van der Waals surface area contributed by atoms with Gasteiger partial charge in [-0.05, 0) is 24.7 Å². The summed E-state index contributed by atoms with van der Waals surface area (Å²) in [5, 5.41) is 9.42. The Kier molecular flexibility index (Phi) is 21.9. The van der Waals surface area contributed by atoms with Crippen molar-refractivity contribution in [2.75, 3.05) is 13.2 Å². The van der Waals surface area contributed by atoms with Crippen molar-refractivity contribution >= 4 is 11.9 Å². The Bertz CT molecular complexity index is 463. The third-order valence-electron chi connectivity index (χ3n) is 6.37. The maximum atomic E-state index is 12.0. The molecule has 0 radical (unpaired) electrons. The van der Waals surface area contributed by atoms with Crippen LogP contribution in [0.1, 0.15) is 137 Å². The van der Waals surface area contributed by atoms with Crippen LogP contribution in [0.5, 0.6) is 0 Å². The summed E-state index contributed by atoms with van der Waals surface area (Å²) < 4.78 is 10.5. The van der Waals surface area contributed by atoms with Crippen LogP contribution < -0.4 is 0 Å². The molecule has 5 heteroatoms. The normalized spacial score (nSPS) is 13.2. The van der Waals surface area contributed by atoms with Gasteiger partial charge in [0.25, 0.3) is 0 Å². The zero-order chi connectivity index (χ0) is 24.7. The molecule has 0 amide bonds. The van der Waals surface area contributed by atoms with Crippen LogP contribution >= 0.6 is 0 Å². The average Bonchev–Trinajstić information content (AvgIpc) is 2.79. The van der Waals surface area contributed by atoms with E-state index in [-0.39, 0.29) is 25.2 Å². The number of hydrogen-bond acceptors (Lipinski definition) is 5. The molecule has 0 heterocycles. The number of carbonyl (C=O) groups excluding carboxylic acids is 2. The lowest BCUT2D eigenvalue weighted by molar-refractivity contribution is -0.161. The molecule has 196 valence electrons. The van der Waals surface area contributed by atoms with Gasteiger partial charge in [0.15, 0.2) is 6.10 Å². The smallest absolute Gasteiger partial charge is 0.306 e. The predicted molar refractivity (Wildman–Crippen MR) is 136 cm³/mol. The average molecular weight is 471 g/mol. The lowest BCUT2D eigenvalue weighted by Crippen LogP contribution is -2.28. The van der Waals surface area contributed by atoms with E-state index in [1.165, 1.54) is 57.8 Å². The van der Waals surface area contributed by atoms with Crippen molar-refractivity contribution < 1.29 is 24.2 Å². The van der Waals surface area contributed by atoms with E-state index in [4.69, 9.17) is 9.47 Å². The highest BCUT2D eigenvalue weighted by Gasteiger charge is 2.16. The van der Waals surface area contributed by atoms with E-state index in [2.05, 4.69) is 27.7 Å². The number of rotatable bonds is 23. The summed E-state index contributed by atoms with van der Waals surface area (Å²) in [5.74, 6) is 1.01. The third-order valence-corrected chi connectivity index (χ3v) is 6.37. The maximum Gasteiger partial charge on any atom is 0.306 e. The van der Waals surface area contributed by atoms with Crippen LogP contribution in [0.2, 0.25) is 0 Å². The van der Waals surface area contributed by atoms with Gasteiger partial charge in [-0.2, -0.15) is 0 Å². The molecule has 1 N–H and O–H groups in total. The molecule has 0 bridgehead atoms. The number of esters is 2. The van der Waals surface area contributed by atoms with Crippen LogP contribution in [-0.2, 0) is 19.1 Å². The van der Waals surface area contributed by atoms with Gasteiger partial charge in [0.1, 0.15) is 6.61 Å². The van der Waals surface area contributed by atoms with Gasteiger partial charge in [-0.15, -0.1) is 0 Å². The second-order valence-corrected chi connectivity index (χ2v) is 10.2. The number of unbranched alkanes of at least 4 members (excludes halogenated alkanes) is 10. The van der Waals surface area contributed by atoms with E-state index in [1.54, 1.807) is 0 Å². The van der Waals surface area contributed by atoms with Crippen LogP contribution in [0.4, 0.5) is 0 Å². The van der Waals surface area contributed by atoms with Gasteiger partial charge in [-0.3, -0.25) is 9.59 Å². The first kappa shape index (κ1) is 31.9. The molecule has 0 fully saturated rings. The summed E-state index contributed by atoms with van der Waals surface area (Å²) in [6.07, 6.45) is 17.4. The van der Waals surface area contributed by atoms with Crippen LogP contribution in [-0.4, -0.2) is 36.4 Å². The lowest BCUT2D eigenvalue weighted by atomic mass is 10.00. The molecule has 1 unspecified atom stereocenters. The molecule has 0 aromatic carbocycles. The van der Waals surface area contributed by atoms with E-state index < -0.39 is 6.10 Å². The lowest BCUT2D eigenvalue weighted by Gasteiger charge is -2.15. The van der Waals surface area contributed by atoms with Gasteiger partial charge in [0, 0.05) is 12.8 Å². The zero-order valence-electron chi connectivity index (χ0n) is 22.2. The van der Waals surface area contributed by atoms with E-state index in [9.17, 15) is 14.7 Å². The Balaban J connectivity index is 3.65.